The SMILES string of the molecule is CCC(C)(CNC)CN1CCN(c2ncccn2)CC1. The summed E-state index contributed by atoms with van der Waals surface area (Å²) in [7, 11) is 2.04. The number of nitrogens with zero attached hydrogens (tertiary/aromatic N) is 4. The lowest BCUT2D eigenvalue weighted by molar-refractivity contribution is 0.150. The Morgan fingerprint density at radius 3 is 2.40 bits per heavy atom. The molecule has 2 rings (SSSR count). The minimum Gasteiger partial charge on any atom is -0.338 e. The Hall–Kier alpha value is -1.20. The van der Waals surface area contributed by atoms with Crippen LogP contribution in [0.1, 0.15) is 20.3 Å². The summed E-state index contributed by atoms with van der Waals surface area (Å²) < 4.78 is 0. The van der Waals surface area contributed by atoms with Crippen LogP contribution in [0.4, 0.5) is 5.95 Å². The molecule has 1 aliphatic heterocycles. The summed E-state index contributed by atoms with van der Waals surface area (Å²) in [6.45, 7) is 11.1. The van der Waals surface area contributed by atoms with Gasteiger partial charge >= 0.3 is 0 Å². The highest BCUT2D eigenvalue weighted by Gasteiger charge is 2.27. The van der Waals surface area contributed by atoms with Crippen LogP contribution in [0.25, 0.3) is 0 Å². The topological polar surface area (TPSA) is 44.3 Å². The average Bonchev–Trinajstić information content (AvgIpc) is 2.49. The number of nitrogens with one attached hydrogen (secondary N) is 1. The predicted octanol–water partition coefficient (Wildman–Crippen LogP) is 1.23. The standard InChI is InChI=1S/C15H27N5/c1-4-15(2,12-16-3)13-19-8-10-20(11-9-19)14-17-6-5-7-18-14/h5-7,16H,4,8-13H2,1-3H3. The number of piperazine rings is 1. The van der Waals surface area contributed by atoms with Crippen molar-refractivity contribution in [1.82, 2.24) is 20.2 Å². The zero-order valence-electron chi connectivity index (χ0n) is 13.0. The minimum atomic E-state index is 0.361. The van der Waals surface area contributed by atoms with E-state index in [4.69, 9.17) is 0 Å². The maximum Gasteiger partial charge on any atom is 0.225 e. The van der Waals surface area contributed by atoms with Crippen molar-refractivity contribution in [3.8, 4) is 0 Å². The van der Waals surface area contributed by atoms with Crippen molar-refractivity contribution in [1.29, 1.82) is 0 Å². The number of rotatable bonds is 6. The molecule has 2 heterocycles. The molecule has 1 saturated heterocycles. The van der Waals surface area contributed by atoms with E-state index in [1.807, 2.05) is 25.5 Å². The first-order valence-corrected chi connectivity index (χ1v) is 7.56. The van der Waals surface area contributed by atoms with Gasteiger partial charge in [-0.05, 0) is 24.9 Å². The quantitative estimate of drug-likeness (QED) is 0.847. The summed E-state index contributed by atoms with van der Waals surface area (Å²) >= 11 is 0. The molecule has 1 aromatic heterocycles. The number of anilines is 1. The first-order valence-electron chi connectivity index (χ1n) is 7.56. The Morgan fingerprint density at radius 1 is 1.20 bits per heavy atom. The summed E-state index contributed by atoms with van der Waals surface area (Å²) in [6, 6.07) is 1.87. The Morgan fingerprint density at radius 2 is 1.85 bits per heavy atom. The van der Waals surface area contributed by atoms with E-state index < -0.39 is 0 Å². The van der Waals surface area contributed by atoms with E-state index in [2.05, 4.69) is 38.9 Å². The number of hydrogen-bond donors (Lipinski definition) is 1. The van der Waals surface area contributed by atoms with Gasteiger partial charge in [0.05, 0.1) is 0 Å². The van der Waals surface area contributed by atoms with Gasteiger partial charge in [-0.1, -0.05) is 13.8 Å². The van der Waals surface area contributed by atoms with Crippen molar-refractivity contribution in [2.24, 2.45) is 5.41 Å². The van der Waals surface area contributed by atoms with Crippen molar-refractivity contribution in [3.63, 3.8) is 0 Å². The van der Waals surface area contributed by atoms with Crippen molar-refractivity contribution in [2.45, 2.75) is 20.3 Å². The van der Waals surface area contributed by atoms with Crippen LogP contribution in [-0.4, -0.2) is 61.2 Å². The second kappa shape index (κ2) is 6.99. The molecule has 0 saturated carbocycles. The van der Waals surface area contributed by atoms with Crippen LogP contribution >= 0.6 is 0 Å². The van der Waals surface area contributed by atoms with Crippen LogP contribution in [0.3, 0.4) is 0 Å². The summed E-state index contributed by atoms with van der Waals surface area (Å²) in [5.74, 6) is 0.862. The second-order valence-corrected chi connectivity index (χ2v) is 6.01. The van der Waals surface area contributed by atoms with Crippen molar-refractivity contribution < 1.29 is 0 Å². The number of aromatic nitrogens is 2. The maximum atomic E-state index is 4.33. The van der Waals surface area contributed by atoms with E-state index in [0.29, 0.717) is 5.41 Å². The molecule has 0 spiro atoms. The highest BCUT2D eigenvalue weighted by Crippen LogP contribution is 2.22. The van der Waals surface area contributed by atoms with Crippen molar-refractivity contribution in [3.05, 3.63) is 18.5 Å². The lowest BCUT2D eigenvalue weighted by atomic mass is 9.86. The normalized spacial score (nSPS) is 19.9. The van der Waals surface area contributed by atoms with Gasteiger partial charge in [0.15, 0.2) is 0 Å². The molecule has 1 aromatic rings. The van der Waals surface area contributed by atoms with E-state index >= 15 is 0 Å². The van der Waals surface area contributed by atoms with Crippen LogP contribution in [0.15, 0.2) is 18.5 Å². The summed E-state index contributed by atoms with van der Waals surface area (Å²) in [4.78, 5) is 13.5. The molecule has 1 aliphatic rings. The fourth-order valence-electron chi connectivity index (χ4n) is 2.82. The zero-order valence-corrected chi connectivity index (χ0v) is 13.0. The van der Waals surface area contributed by atoms with Gasteiger partial charge in [-0.15, -0.1) is 0 Å². The van der Waals surface area contributed by atoms with Crippen molar-refractivity contribution in [2.75, 3.05) is 51.2 Å². The molecule has 1 unspecified atom stereocenters. The molecule has 1 fully saturated rings. The van der Waals surface area contributed by atoms with E-state index in [9.17, 15) is 0 Å². The highest BCUT2D eigenvalue weighted by molar-refractivity contribution is 5.29. The maximum absolute atomic E-state index is 4.33. The van der Waals surface area contributed by atoms with E-state index in [-0.39, 0.29) is 0 Å². The monoisotopic (exact) mass is 277 g/mol. The smallest absolute Gasteiger partial charge is 0.225 e. The minimum absolute atomic E-state index is 0.361. The third kappa shape index (κ3) is 3.90. The van der Waals surface area contributed by atoms with Gasteiger partial charge < -0.3 is 10.2 Å². The largest absolute Gasteiger partial charge is 0.338 e. The van der Waals surface area contributed by atoms with Gasteiger partial charge in [-0.25, -0.2) is 9.97 Å². The Labute approximate surface area is 122 Å². The van der Waals surface area contributed by atoms with E-state index in [1.165, 1.54) is 6.42 Å². The van der Waals surface area contributed by atoms with Gasteiger partial charge in [0.25, 0.3) is 0 Å². The van der Waals surface area contributed by atoms with Crippen molar-refractivity contribution >= 4 is 5.95 Å². The summed E-state index contributed by atoms with van der Waals surface area (Å²) in [6.07, 6.45) is 4.83. The summed E-state index contributed by atoms with van der Waals surface area (Å²) in [5.41, 5.74) is 0.361. The molecule has 1 N–H and O–H groups in total. The van der Waals surface area contributed by atoms with Gasteiger partial charge in [0.1, 0.15) is 0 Å². The molecule has 0 bridgehead atoms. The highest BCUT2D eigenvalue weighted by atomic mass is 15.3. The second-order valence-electron chi connectivity index (χ2n) is 6.01. The lowest BCUT2D eigenvalue weighted by Crippen LogP contribution is -2.51. The first-order chi connectivity index (χ1) is 9.67. The molecular weight excluding hydrogens is 250 g/mol. The molecule has 112 valence electrons. The Balaban J connectivity index is 1.85. The van der Waals surface area contributed by atoms with Gasteiger partial charge in [-0.3, -0.25) is 4.90 Å². The molecular formula is C15H27N5. The van der Waals surface area contributed by atoms with Gasteiger partial charge in [-0.2, -0.15) is 0 Å². The molecule has 1 atom stereocenters. The van der Waals surface area contributed by atoms with Gasteiger partial charge in [0, 0.05) is 51.7 Å². The lowest BCUT2D eigenvalue weighted by Gasteiger charge is -2.40. The molecule has 0 amide bonds. The Kier molecular flexibility index (Phi) is 5.31. The first kappa shape index (κ1) is 15.2. The molecule has 0 radical (unpaired) electrons. The van der Waals surface area contributed by atoms with Crippen LogP contribution < -0.4 is 10.2 Å². The predicted molar refractivity (Wildman–Crippen MR) is 83.0 cm³/mol. The summed E-state index contributed by atoms with van der Waals surface area (Å²) in [5, 5.41) is 3.33. The van der Waals surface area contributed by atoms with Crippen LogP contribution in [0.5, 0.6) is 0 Å². The fourth-order valence-corrected chi connectivity index (χ4v) is 2.82. The van der Waals surface area contributed by atoms with Gasteiger partial charge in [0.2, 0.25) is 5.95 Å². The molecule has 0 aliphatic carbocycles. The third-order valence-corrected chi connectivity index (χ3v) is 4.27. The average molecular weight is 277 g/mol. The van der Waals surface area contributed by atoms with E-state index in [1.54, 1.807) is 0 Å². The number of hydrogen-bond acceptors (Lipinski definition) is 5. The van der Waals surface area contributed by atoms with Crippen LogP contribution in [0.2, 0.25) is 0 Å². The van der Waals surface area contributed by atoms with Crippen LogP contribution in [-0.2, 0) is 0 Å². The molecule has 5 heteroatoms. The third-order valence-electron chi connectivity index (χ3n) is 4.27. The fraction of sp³-hybridized carbons (Fsp3) is 0.733. The zero-order chi connectivity index (χ0) is 14.4. The molecule has 5 nitrogen and oxygen atoms in total. The molecule has 0 aromatic carbocycles. The molecule has 20 heavy (non-hydrogen) atoms. The Bertz CT molecular complexity index is 389. The van der Waals surface area contributed by atoms with Crippen LogP contribution in [0, 0.1) is 5.41 Å². The van der Waals surface area contributed by atoms with E-state index in [0.717, 1.165) is 45.2 Å².